The second-order valence-corrected chi connectivity index (χ2v) is 8.57. The third kappa shape index (κ3) is 8.05. The van der Waals surface area contributed by atoms with Crippen LogP contribution in [0.3, 0.4) is 0 Å². The molecule has 7 nitrogen and oxygen atoms in total. The fourth-order valence-electron chi connectivity index (χ4n) is 3.04. The third-order valence-electron chi connectivity index (χ3n) is 4.66. The van der Waals surface area contributed by atoms with E-state index in [9.17, 15) is 14.4 Å². The maximum Gasteiger partial charge on any atom is 0.408 e. The molecule has 0 spiro atoms. The Morgan fingerprint density at radius 2 is 1.56 bits per heavy atom. The van der Waals surface area contributed by atoms with Crippen LogP contribution in [0, 0.1) is 5.92 Å². The van der Waals surface area contributed by atoms with Crippen molar-refractivity contribution in [2.75, 3.05) is 0 Å². The number of hydrogen-bond acceptors (Lipinski definition) is 4. The molecule has 172 valence electrons. The number of carbonyl (C=O) groups excluding carboxylic acids is 3. The van der Waals surface area contributed by atoms with Crippen LogP contribution in [-0.2, 0) is 27.4 Å². The molecule has 0 heterocycles. The summed E-state index contributed by atoms with van der Waals surface area (Å²) in [6, 6.07) is 12.1. The first-order valence-corrected chi connectivity index (χ1v) is 10.9. The highest BCUT2D eigenvalue weighted by atomic mass is 35.5. The predicted octanol–water partition coefficient (Wildman–Crippen LogP) is 3.85. The molecule has 0 saturated heterocycles. The summed E-state index contributed by atoms with van der Waals surface area (Å²) in [5.41, 5.74) is 6.81. The maximum absolute atomic E-state index is 12.9. The van der Waals surface area contributed by atoms with Gasteiger partial charge < -0.3 is 21.1 Å². The summed E-state index contributed by atoms with van der Waals surface area (Å²) in [5.74, 6) is -1.21. The quantitative estimate of drug-likeness (QED) is 0.480. The van der Waals surface area contributed by atoms with Gasteiger partial charge in [-0.15, -0.1) is 0 Å². The number of rotatable bonds is 10. The summed E-state index contributed by atoms with van der Waals surface area (Å²) in [4.78, 5) is 37.2. The van der Waals surface area contributed by atoms with Crippen LogP contribution in [-0.4, -0.2) is 30.0 Å². The minimum atomic E-state index is -1.06. The van der Waals surface area contributed by atoms with Crippen molar-refractivity contribution in [3.63, 3.8) is 0 Å². The average molecular weight is 480 g/mol. The van der Waals surface area contributed by atoms with Gasteiger partial charge in [-0.1, -0.05) is 73.4 Å². The van der Waals surface area contributed by atoms with Gasteiger partial charge in [0.2, 0.25) is 11.8 Å². The van der Waals surface area contributed by atoms with Crippen LogP contribution in [0.25, 0.3) is 0 Å². The van der Waals surface area contributed by atoms with Gasteiger partial charge in [0.25, 0.3) is 0 Å². The second-order valence-electron chi connectivity index (χ2n) is 7.76. The number of amides is 3. The summed E-state index contributed by atoms with van der Waals surface area (Å²) < 4.78 is 5.21. The highest BCUT2D eigenvalue weighted by Crippen LogP contribution is 2.25. The van der Waals surface area contributed by atoms with E-state index in [4.69, 9.17) is 33.7 Å². The topological polar surface area (TPSA) is 111 Å². The minimum absolute atomic E-state index is 0.0203. The van der Waals surface area contributed by atoms with E-state index in [-0.39, 0.29) is 18.9 Å². The van der Waals surface area contributed by atoms with Crippen molar-refractivity contribution in [2.24, 2.45) is 11.7 Å². The monoisotopic (exact) mass is 479 g/mol. The first-order valence-electron chi connectivity index (χ1n) is 10.2. The lowest BCUT2D eigenvalue weighted by molar-refractivity contribution is -0.128. The van der Waals surface area contributed by atoms with Gasteiger partial charge in [-0.25, -0.2) is 4.79 Å². The van der Waals surface area contributed by atoms with Crippen LogP contribution in [0.1, 0.15) is 31.4 Å². The highest BCUT2D eigenvalue weighted by molar-refractivity contribution is 6.36. The van der Waals surface area contributed by atoms with E-state index in [1.165, 1.54) is 0 Å². The Kier molecular flexibility index (Phi) is 9.81. The van der Waals surface area contributed by atoms with E-state index in [0.717, 1.165) is 5.56 Å². The summed E-state index contributed by atoms with van der Waals surface area (Å²) in [7, 11) is 0. The molecule has 0 aliphatic rings. The summed E-state index contributed by atoms with van der Waals surface area (Å²) in [6.07, 6.45) is -0.378. The summed E-state index contributed by atoms with van der Waals surface area (Å²) in [5, 5.41) is 5.90. The van der Waals surface area contributed by atoms with Gasteiger partial charge in [0.1, 0.15) is 18.7 Å². The first kappa shape index (κ1) is 25.5. The van der Waals surface area contributed by atoms with Gasteiger partial charge in [0.15, 0.2) is 0 Å². The number of hydrogen-bond donors (Lipinski definition) is 3. The lowest BCUT2D eigenvalue weighted by Gasteiger charge is -2.23. The Bertz CT molecular complexity index is 918. The number of carbonyl (C=O) groups is 3. The van der Waals surface area contributed by atoms with Crippen LogP contribution in [0.15, 0.2) is 48.5 Å². The van der Waals surface area contributed by atoms with E-state index < -0.39 is 30.0 Å². The molecule has 0 aliphatic carbocycles. The molecular weight excluding hydrogens is 453 g/mol. The van der Waals surface area contributed by atoms with Crippen LogP contribution in [0.5, 0.6) is 0 Å². The first-order chi connectivity index (χ1) is 15.2. The fraction of sp³-hybridized carbons (Fsp3) is 0.348. The lowest BCUT2D eigenvalue weighted by atomic mass is 10.0. The molecule has 0 aliphatic heterocycles. The standard InChI is InChI=1S/C23H27Cl2N3O4/c1-14(2)11-20(28-23(31)32-13-15-7-4-3-5-8-15)22(30)27-19(21(26)29)12-16-17(24)9-6-10-18(16)25/h3-10,14,19-20H,11-13H2,1-2H3,(H2,26,29)(H,27,30)(H,28,31)/t19-,20+/m1/s1. The van der Waals surface area contributed by atoms with Gasteiger partial charge in [0.05, 0.1) is 0 Å². The van der Waals surface area contributed by atoms with E-state index in [2.05, 4.69) is 10.6 Å². The van der Waals surface area contributed by atoms with Crippen molar-refractivity contribution in [3.05, 3.63) is 69.7 Å². The zero-order valence-corrected chi connectivity index (χ0v) is 19.5. The number of nitrogens with two attached hydrogens (primary N) is 1. The van der Waals surface area contributed by atoms with Crippen molar-refractivity contribution >= 4 is 41.1 Å². The van der Waals surface area contributed by atoms with Crippen LogP contribution in [0.2, 0.25) is 10.0 Å². The Hall–Kier alpha value is -2.77. The molecule has 2 rings (SSSR count). The SMILES string of the molecule is CC(C)C[C@H](NC(=O)OCc1ccccc1)C(=O)N[C@H](Cc1c(Cl)cccc1Cl)C(N)=O. The number of nitrogens with one attached hydrogen (secondary N) is 2. The molecule has 2 atom stereocenters. The van der Waals surface area contributed by atoms with Gasteiger partial charge in [-0.2, -0.15) is 0 Å². The van der Waals surface area contributed by atoms with Crippen molar-refractivity contribution in [3.8, 4) is 0 Å². The molecule has 0 saturated carbocycles. The molecule has 0 radical (unpaired) electrons. The number of primary amides is 1. The van der Waals surface area contributed by atoms with Gasteiger partial charge >= 0.3 is 6.09 Å². The van der Waals surface area contributed by atoms with Gasteiger partial charge in [-0.05, 0) is 35.6 Å². The summed E-state index contributed by atoms with van der Waals surface area (Å²) >= 11 is 12.4. The fourth-order valence-corrected chi connectivity index (χ4v) is 3.59. The zero-order chi connectivity index (χ0) is 23.7. The number of halogens is 2. The van der Waals surface area contributed by atoms with Crippen molar-refractivity contribution in [1.29, 1.82) is 0 Å². The van der Waals surface area contributed by atoms with E-state index in [0.29, 0.717) is 22.0 Å². The van der Waals surface area contributed by atoms with Gasteiger partial charge in [-0.3, -0.25) is 9.59 Å². The Balaban J connectivity index is 2.05. The molecule has 32 heavy (non-hydrogen) atoms. The molecule has 2 aromatic carbocycles. The molecule has 4 N–H and O–H groups in total. The molecule has 9 heteroatoms. The number of benzene rings is 2. The Morgan fingerprint density at radius 1 is 0.938 bits per heavy atom. The van der Waals surface area contributed by atoms with Crippen molar-refractivity contribution in [1.82, 2.24) is 10.6 Å². The third-order valence-corrected chi connectivity index (χ3v) is 5.37. The minimum Gasteiger partial charge on any atom is -0.445 e. The van der Waals surface area contributed by atoms with Crippen molar-refractivity contribution < 1.29 is 19.1 Å². The predicted molar refractivity (Wildman–Crippen MR) is 124 cm³/mol. The van der Waals surface area contributed by atoms with E-state index in [1.54, 1.807) is 18.2 Å². The van der Waals surface area contributed by atoms with Crippen LogP contribution >= 0.6 is 23.2 Å². The molecule has 0 unspecified atom stereocenters. The normalized spacial score (nSPS) is 12.7. The molecule has 0 fully saturated rings. The molecule has 0 bridgehead atoms. The number of ether oxygens (including phenoxy) is 1. The second kappa shape index (κ2) is 12.3. The smallest absolute Gasteiger partial charge is 0.408 e. The molecular formula is C23H27Cl2N3O4. The lowest BCUT2D eigenvalue weighted by Crippen LogP contribution is -2.54. The summed E-state index contributed by atoms with van der Waals surface area (Å²) in [6.45, 7) is 3.89. The number of alkyl carbamates (subject to hydrolysis) is 1. The Morgan fingerprint density at radius 3 is 2.12 bits per heavy atom. The largest absolute Gasteiger partial charge is 0.445 e. The maximum atomic E-state index is 12.9. The highest BCUT2D eigenvalue weighted by Gasteiger charge is 2.28. The molecule has 3 amide bonds. The van der Waals surface area contributed by atoms with Crippen molar-refractivity contribution in [2.45, 2.75) is 45.4 Å². The zero-order valence-electron chi connectivity index (χ0n) is 17.9. The Labute approximate surface area is 197 Å². The van der Waals surface area contributed by atoms with Crippen LogP contribution in [0.4, 0.5) is 4.79 Å². The molecule has 2 aromatic rings. The van der Waals surface area contributed by atoms with E-state index in [1.807, 2.05) is 44.2 Å². The van der Waals surface area contributed by atoms with E-state index >= 15 is 0 Å². The molecule has 0 aromatic heterocycles. The van der Waals surface area contributed by atoms with Gasteiger partial charge in [0, 0.05) is 16.5 Å². The average Bonchev–Trinajstić information content (AvgIpc) is 2.73. The van der Waals surface area contributed by atoms with Crippen LogP contribution < -0.4 is 16.4 Å².